The fraction of sp³-hybridized carbons (Fsp3) is 0.231. The number of hydrogen-bond acceptors (Lipinski definition) is 3. The molecule has 0 saturated heterocycles. The Kier molecular flexibility index (Phi) is 4.66. The van der Waals surface area contributed by atoms with Crippen LogP contribution in [0.25, 0.3) is 0 Å². The van der Waals surface area contributed by atoms with Crippen molar-refractivity contribution in [1.29, 1.82) is 0 Å². The monoisotopic (exact) mass is 359 g/mol. The van der Waals surface area contributed by atoms with Crippen LogP contribution in [0.2, 0.25) is 10.2 Å². The van der Waals surface area contributed by atoms with Crippen LogP contribution in [-0.2, 0) is 0 Å². The number of halogens is 3. The molecule has 6 heteroatoms. The molecule has 0 fully saturated rings. The summed E-state index contributed by atoms with van der Waals surface area (Å²) in [4.78, 5) is 8.26. The lowest BCUT2D eigenvalue weighted by atomic mass is 10.1. The highest BCUT2D eigenvalue weighted by Crippen LogP contribution is 2.32. The Labute approximate surface area is 130 Å². The van der Waals surface area contributed by atoms with Gasteiger partial charge in [-0.3, -0.25) is 0 Å². The first kappa shape index (κ1) is 14.6. The number of anilines is 2. The summed E-state index contributed by atoms with van der Waals surface area (Å²) in [6.45, 7) is 4.09. The molecule has 100 valence electrons. The van der Waals surface area contributed by atoms with Gasteiger partial charge in [-0.15, -0.1) is 0 Å². The molecule has 0 amide bonds. The molecule has 0 aliphatic rings. The molecule has 0 atom stereocenters. The quantitative estimate of drug-likeness (QED) is 0.743. The van der Waals surface area contributed by atoms with Gasteiger partial charge in [-0.2, -0.15) is 0 Å². The lowest BCUT2D eigenvalue weighted by Gasteiger charge is -2.14. The van der Waals surface area contributed by atoms with Crippen LogP contribution >= 0.6 is 39.1 Å². The van der Waals surface area contributed by atoms with Crippen LogP contribution in [0.3, 0.4) is 0 Å². The van der Waals surface area contributed by atoms with Crippen molar-refractivity contribution in [3.63, 3.8) is 0 Å². The Bertz CT molecular complexity index is 602. The van der Waals surface area contributed by atoms with E-state index in [4.69, 9.17) is 23.2 Å². The maximum Gasteiger partial charge on any atom is 0.138 e. The number of aromatic nitrogens is 2. The molecule has 0 saturated carbocycles. The Morgan fingerprint density at radius 2 is 1.95 bits per heavy atom. The summed E-state index contributed by atoms with van der Waals surface area (Å²) in [6.07, 6.45) is 1.44. The fourth-order valence-corrected chi connectivity index (χ4v) is 2.47. The maximum absolute atomic E-state index is 6.12. The smallest absolute Gasteiger partial charge is 0.138 e. The van der Waals surface area contributed by atoms with E-state index in [-0.39, 0.29) is 5.92 Å². The van der Waals surface area contributed by atoms with Crippen molar-refractivity contribution in [1.82, 2.24) is 9.97 Å². The second-order valence-electron chi connectivity index (χ2n) is 4.34. The van der Waals surface area contributed by atoms with E-state index < -0.39 is 0 Å². The van der Waals surface area contributed by atoms with Gasteiger partial charge in [-0.25, -0.2) is 9.97 Å². The van der Waals surface area contributed by atoms with Crippen LogP contribution in [0.15, 0.2) is 29.0 Å². The van der Waals surface area contributed by atoms with Crippen LogP contribution in [0, 0.1) is 0 Å². The summed E-state index contributed by atoms with van der Waals surface area (Å²) in [7, 11) is 0. The van der Waals surface area contributed by atoms with Gasteiger partial charge in [0.1, 0.15) is 17.3 Å². The highest BCUT2D eigenvalue weighted by molar-refractivity contribution is 9.10. The number of rotatable bonds is 3. The summed E-state index contributed by atoms with van der Waals surface area (Å²) in [5.41, 5.74) is 1.74. The van der Waals surface area contributed by atoms with Crippen LogP contribution < -0.4 is 5.32 Å². The lowest BCUT2D eigenvalue weighted by Crippen LogP contribution is -2.03. The molecule has 19 heavy (non-hydrogen) atoms. The summed E-state index contributed by atoms with van der Waals surface area (Å²) >= 11 is 15.5. The molecular weight excluding hydrogens is 349 g/mol. The zero-order chi connectivity index (χ0) is 14.0. The van der Waals surface area contributed by atoms with Crippen molar-refractivity contribution in [2.45, 2.75) is 19.8 Å². The largest absolute Gasteiger partial charge is 0.340 e. The number of hydrogen-bond donors (Lipinski definition) is 1. The molecule has 0 aliphatic heterocycles. The van der Waals surface area contributed by atoms with E-state index in [0.29, 0.717) is 16.0 Å². The van der Waals surface area contributed by atoms with Crippen molar-refractivity contribution in [2.24, 2.45) is 0 Å². The van der Waals surface area contributed by atoms with E-state index in [1.807, 2.05) is 32.0 Å². The third-order valence-electron chi connectivity index (χ3n) is 2.59. The van der Waals surface area contributed by atoms with E-state index in [1.165, 1.54) is 6.33 Å². The van der Waals surface area contributed by atoms with Crippen molar-refractivity contribution in [3.8, 4) is 0 Å². The Morgan fingerprint density at radius 3 is 2.58 bits per heavy atom. The van der Waals surface area contributed by atoms with Gasteiger partial charge in [0, 0.05) is 15.7 Å². The predicted octanol–water partition coefficient (Wildman–Crippen LogP) is 5.41. The predicted molar refractivity (Wildman–Crippen MR) is 83.6 cm³/mol. The van der Waals surface area contributed by atoms with Crippen LogP contribution in [0.1, 0.15) is 25.3 Å². The van der Waals surface area contributed by atoms with Gasteiger partial charge in [0.05, 0.1) is 5.02 Å². The van der Waals surface area contributed by atoms with Gasteiger partial charge >= 0.3 is 0 Å². The van der Waals surface area contributed by atoms with Crippen molar-refractivity contribution < 1.29 is 0 Å². The van der Waals surface area contributed by atoms with Gasteiger partial charge in [-0.05, 0) is 40.0 Å². The van der Waals surface area contributed by atoms with Crippen molar-refractivity contribution in [3.05, 3.63) is 44.7 Å². The van der Waals surface area contributed by atoms with Crippen molar-refractivity contribution in [2.75, 3.05) is 5.32 Å². The zero-order valence-corrected chi connectivity index (χ0v) is 13.5. The first-order valence-corrected chi connectivity index (χ1v) is 7.26. The standard InChI is InChI=1S/C13H12BrCl2N3/c1-7(2)11-12(16)17-6-18-13(11)19-8-3-4-9(14)10(15)5-8/h3-7H,1-2H3,(H,17,18,19). The minimum atomic E-state index is 0.224. The highest BCUT2D eigenvalue weighted by atomic mass is 79.9. The number of nitrogens with zero attached hydrogens (tertiary/aromatic N) is 2. The van der Waals surface area contributed by atoms with Crippen LogP contribution in [-0.4, -0.2) is 9.97 Å². The summed E-state index contributed by atoms with van der Waals surface area (Å²) in [6, 6.07) is 5.62. The molecule has 1 aromatic carbocycles. The summed E-state index contributed by atoms with van der Waals surface area (Å²) < 4.78 is 0.851. The SMILES string of the molecule is CC(C)c1c(Cl)ncnc1Nc1ccc(Br)c(Cl)c1. The average Bonchev–Trinajstić information content (AvgIpc) is 2.33. The van der Waals surface area contributed by atoms with Gasteiger partial charge < -0.3 is 5.32 Å². The van der Waals surface area contributed by atoms with E-state index in [0.717, 1.165) is 15.7 Å². The van der Waals surface area contributed by atoms with Crippen LogP contribution in [0.4, 0.5) is 11.5 Å². The molecule has 1 heterocycles. The Balaban J connectivity index is 2.38. The zero-order valence-electron chi connectivity index (χ0n) is 10.4. The van der Waals surface area contributed by atoms with Gasteiger partial charge in [0.25, 0.3) is 0 Å². The van der Waals surface area contributed by atoms with E-state index >= 15 is 0 Å². The Hall–Kier alpha value is -0.840. The second kappa shape index (κ2) is 6.07. The third-order valence-corrected chi connectivity index (χ3v) is 4.13. The van der Waals surface area contributed by atoms with Gasteiger partial charge in [0.15, 0.2) is 0 Å². The van der Waals surface area contributed by atoms with Gasteiger partial charge in [0.2, 0.25) is 0 Å². The normalized spacial score (nSPS) is 10.8. The van der Waals surface area contributed by atoms with Crippen LogP contribution in [0.5, 0.6) is 0 Å². The van der Waals surface area contributed by atoms with E-state index in [9.17, 15) is 0 Å². The molecule has 0 spiro atoms. The average molecular weight is 361 g/mol. The molecular formula is C13H12BrCl2N3. The topological polar surface area (TPSA) is 37.8 Å². The number of nitrogens with one attached hydrogen (secondary N) is 1. The molecule has 0 unspecified atom stereocenters. The Morgan fingerprint density at radius 1 is 1.21 bits per heavy atom. The molecule has 0 bridgehead atoms. The first-order chi connectivity index (χ1) is 8.99. The minimum Gasteiger partial charge on any atom is -0.340 e. The molecule has 3 nitrogen and oxygen atoms in total. The van der Waals surface area contributed by atoms with Gasteiger partial charge in [-0.1, -0.05) is 37.0 Å². The lowest BCUT2D eigenvalue weighted by molar-refractivity contribution is 0.850. The van der Waals surface area contributed by atoms with Crippen molar-refractivity contribution >= 4 is 50.6 Å². The molecule has 1 aromatic heterocycles. The second-order valence-corrected chi connectivity index (χ2v) is 5.95. The third kappa shape index (κ3) is 3.38. The molecule has 1 N–H and O–H groups in total. The highest BCUT2D eigenvalue weighted by Gasteiger charge is 2.13. The van der Waals surface area contributed by atoms with E-state index in [1.54, 1.807) is 0 Å². The van der Waals surface area contributed by atoms with E-state index in [2.05, 4.69) is 31.2 Å². The molecule has 2 rings (SSSR count). The molecule has 2 aromatic rings. The number of benzene rings is 1. The first-order valence-electron chi connectivity index (χ1n) is 5.71. The molecule has 0 radical (unpaired) electrons. The fourth-order valence-electron chi connectivity index (χ4n) is 1.70. The minimum absolute atomic E-state index is 0.224. The molecule has 0 aliphatic carbocycles. The summed E-state index contributed by atoms with van der Waals surface area (Å²) in [5, 5.41) is 4.33. The maximum atomic E-state index is 6.12. The summed E-state index contributed by atoms with van der Waals surface area (Å²) in [5.74, 6) is 0.926.